The van der Waals surface area contributed by atoms with Gasteiger partial charge in [0.1, 0.15) is 10.7 Å². The standard InChI is InChI=1S/C13H18N4O2S/c1-8(2)11-14-15-13-17(11)9(3)10(20-13)12(18)16-4-6-19-7-5-16/h8H,4-7H2,1-3H3. The van der Waals surface area contributed by atoms with E-state index in [9.17, 15) is 4.79 Å². The van der Waals surface area contributed by atoms with Crippen LogP contribution in [-0.2, 0) is 4.74 Å². The van der Waals surface area contributed by atoms with Crippen molar-refractivity contribution in [3.05, 3.63) is 16.4 Å². The summed E-state index contributed by atoms with van der Waals surface area (Å²) in [6, 6.07) is 0. The molecule has 1 aliphatic heterocycles. The molecule has 20 heavy (non-hydrogen) atoms. The summed E-state index contributed by atoms with van der Waals surface area (Å²) in [6.45, 7) is 8.68. The second-order valence-corrected chi connectivity index (χ2v) is 6.23. The molecule has 7 heteroatoms. The molecule has 2 aromatic heterocycles. The van der Waals surface area contributed by atoms with Gasteiger partial charge >= 0.3 is 0 Å². The number of thiazole rings is 1. The maximum atomic E-state index is 12.6. The largest absolute Gasteiger partial charge is 0.378 e. The summed E-state index contributed by atoms with van der Waals surface area (Å²) in [7, 11) is 0. The fourth-order valence-corrected chi connectivity index (χ4v) is 3.45. The lowest BCUT2D eigenvalue weighted by atomic mass is 10.2. The number of carbonyl (C=O) groups excluding carboxylic acids is 1. The van der Waals surface area contributed by atoms with Gasteiger partial charge in [0.2, 0.25) is 4.96 Å². The van der Waals surface area contributed by atoms with Crippen molar-refractivity contribution in [2.24, 2.45) is 0 Å². The molecule has 0 saturated carbocycles. The maximum Gasteiger partial charge on any atom is 0.266 e. The van der Waals surface area contributed by atoms with Crippen molar-refractivity contribution in [1.82, 2.24) is 19.5 Å². The number of nitrogens with zero attached hydrogens (tertiary/aromatic N) is 4. The molecule has 1 saturated heterocycles. The molecule has 6 nitrogen and oxygen atoms in total. The van der Waals surface area contributed by atoms with Crippen LogP contribution in [0.25, 0.3) is 4.96 Å². The van der Waals surface area contributed by atoms with E-state index in [4.69, 9.17) is 4.74 Å². The van der Waals surface area contributed by atoms with Crippen LogP contribution in [0.2, 0.25) is 0 Å². The molecule has 0 unspecified atom stereocenters. The van der Waals surface area contributed by atoms with Crippen LogP contribution in [0.4, 0.5) is 0 Å². The summed E-state index contributed by atoms with van der Waals surface area (Å²) < 4.78 is 7.30. The number of hydrogen-bond donors (Lipinski definition) is 0. The van der Waals surface area contributed by atoms with Crippen LogP contribution in [0.15, 0.2) is 0 Å². The van der Waals surface area contributed by atoms with Gasteiger partial charge in [-0.2, -0.15) is 0 Å². The third-order valence-electron chi connectivity index (χ3n) is 3.52. The first-order chi connectivity index (χ1) is 9.59. The summed E-state index contributed by atoms with van der Waals surface area (Å²) in [5.74, 6) is 1.27. The number of carbonyl (C=O) groups is 1. The van der Waals surface area contributed by atoms with E-state index in [-0.39, 0.29) is 11.8 Å². The maximum absolute atomic E-state index is 12.6. The summed E-state index contributed by atoms with van der Waals surface area (Å²) in [5, 5.41) is 8.39. The van der Waals surface area contributed by atoms with Gasteiger partial charge in [-0.1, -0.05) is 25.2 Å². The fraction of sp³-hybridized carbons (Fsp3) is 0.615. The molecule has 1 fully saturated rings. The van der Waals surface area contributed by atoms with Crippen molar-refractivity contribution in [2.45, 2.75) is 26.7 Å². The molecule has 0 atom stereocenters. The van der Waals surface area contributed by atoms with Crippen LogP contribution < -0.4 is 0 Å². The lowest BCUT2D eigenvalue weighted by molar-refractivity contribution is 0.0305. The topological polar surface area (TPSA) is 59.7 Å². The zero-order valence-corrected chi connectivity index (χ0v) is 12.7. The predicted molar refractivity (Wildman–Crippen MR) is 76.4 cm³/mol. The zero-order valence-electron chi connectivity index (χ0n) is 11.9. The first-order valence-electron chi connectivity index (χ1n) is 6.81. The molecule has 2 aromatic rings. The molecule has 108 valence electrons. The molecule has 1 aliphatic rings. The molecule has 1 amide bonds. The second kappa shape index (κ2) is 5.14. The van der Waals surface area contributed by atoms with Crippen molar-refractivity contribution < 1.29 is 9.53 Å². The summed E-state index contributed by atoms with van der Waals surface area (Å²) in [4.78, 5) is 16.0. The minimum atomic E-state index is 0.0796. The fourth-order valence-electron chi connectivity index (χ4n) is 2.41. The van der Waals surface area contributed by atoms with Crippen LogP contribution in [0.3, 0.4) is 0 Å². The molecular formula is C13H18N4O2S. The molecule has 0 spiro atoms. The van der Waals surface area contributed by atoms with E-state index in [2.05, 4.69) is 24.0 Å². The number of amides is 1. The second-order valence-electron chi connectivity index (χ2n) is 5.25. The van der Waals surface area contributed by atoms with Crippen molar-refractivity contribution in [3.8, 4) is 0 Å². The molecule has 0 aliphatic carbocycles. The zero-order chi connectivity index (χ0) is 14.3. The van der Waals surface area contributed by atoms with Crippen molar-refractivity contribution >= 4 is 22.2 Å². The van der Waals surface area contributed by atoms with E-state index in [0.29, 0.717) is 26.3 Å². The first-order valence-corrected chi connectivity index (χ1v) is 7.62. The number of ether oxygens (including phenoxy) is 1. The van der Waals surface area contributed by atoms with Gasteiger partial charge in [-0.15, -0.1) is 10.2 Å². The molecule has 3 rings (SSSR count). The van der Waals surface area contributed by atoms with Crippen molar-refractivity contribution in [1.29, 1.82) is 0 Å². The number of morpholine rings is 1. The SMILES string of the molecule is Cc1c(C(=O)N2CCOCC2)sc2nnc(C(C)C)n12. The van der Waals surface area contributed by atoms with E-state index in [0.717, 1.165) is 21.4 Å². The van der Waals surface area contributed by atoms with Crippen molar-refractivity contribution in [3.63, 3.8) is 0 Å². The monoisotopic (exact) mass is 294 g/mol. The molecule has 0 bridgehead atoms. The average Bonchev–Trinajstić information content (AvgIpc) is 3.00. The van der Waals surface area contributed by atoms with Gasteiger partial charge in [0, 0.05) is 24.7 Å². The van der Waals surface area contributed by atoms with Gasteiger partial charge < -0.3 is 9.64 Å². The highest BCUT2D eigenvalue weighted by atomic mass is 32.1. The third kappa shape index (κ3) is 2.10. The summed E-state index contributed by atoms with van der Waals surface area (Å²) in [5.41, 5.74) is 0.940. The van der Waals surface area contributed by atoms with Crippen LogP contribution in [0.1, 0.15) is 41.0 Å². The Morgan fingerprint density at radius 1 is 1.30 bits per heavy atom. The Bertz CT molecular complexity index is 640. The number of rotatable bonds is 2. The Balaban J connectivity index is 1.99. The lowest BCUT2D eigenvalue weighted by Gasteiger charge is -2.26. The number of aromatic nitrogens is 3. The Kier molecular flexibility index (Phi) is 3.47. The smallest absolute Gasteiger partial charge is 0.266 e. The van der Waals surface area contributed by atoms with E-state index < -0.39 is 0 Å². The third-order valence-corrected chi connectivity index (χ3v) is 4.65. The summed E-state index contributed by atoms with van der Waals surface area (Å²) in [6.07, 6.45) is 0. The quantitative estimate of drug-likeness (QED) is 0.846. The molecular weight excluding hydrogens is 276 g/mol. The van der Waals surface area contributed by atoms with Gasteiger partial charge in [-0.05, 0) is 6.92 Å². The van der Waals surface area contributed by atoms with E-state index in [1.165, 1.54) is 11.3 Å². The number of hydrogen-bond acceptors (Lipinski definition) is 5. The Labute approximate surface area is 121 Å². The molecule has 0 radical (unpaired) electrons. The normalized spacial score (nSPS) is 16.3. The Morgan fingerprint density at radius 3 is 2.65 bits per heavy atom. The van der Waals surface area contributed by atoms with Gasteiger partial charge in [0.15, 0.2) is 0 Å². The van der Waals surface area contributed by atoms with Crippen LogP contribution in [0, 0.1) is 6.92 Å². The van der Waals surface area contributed by atoms with Gasteiger partial charge in [0.25, 0.3) is 5.91 Å². The minimum absolute atomic E-state index is 0.0796. The van der Waals surface area contributed by atoms with Crippen LogP contribution in [-0.4, -0.2) is 51.7 Å². The van der Waals surface area contributed by atoms with E-state index in [1.54, 1.807) is 0 Å². The predicted octanol–water partition coefficient (Wildman–Crippen LogP) is 1.70. The number of aryl methyl sites for hydroxylation is 1. The molecule has 3 heterocycles. The van der Waals surface area contributed by atoms with Gasteiger partial charge in [-0.25, -0.2) is 0 Å². The van der Waals surface area contributed by atoms with Crippen LogP contribution >= 0.6 is 11.3 Å². The Morgan fingerprint density at radius 2 is 2.00 bits per heavy atom. The molecule has 0 N–H and O–H groups in total. The average molecular weight is 294 g/mol. The van der Waals surface area contributed by atoms with Gasteiger partial charge in [0.05, 0.1) is 13.2 Å². The Hall–Kier alpha value is -1.47. The number of fused-ring (bicyclic) bond motifs is 1. The highest BCUT2D eigenvalue weighted by molar-refractivity contribution is 7.19. The molecule has 0 aromatic carbocycles. The van der Waals surface area contributed by atoms with Crippen LogP contribution in [0.5, 0.6) is 0 Å². The minimum Gasteiger partial charge on any atom is -0.378 e. The van der Waals surface area contributed by atoms with E-state index in [1.807, 2.05) is 16.2 Å². The summed E-state index contributed by atoms with van der Waals surface area (Å²) >= 11 is 1.42. The first kappa shape index (κ1) is 13.5. The van der Waals surface area contributed by atoms with Crippen molar-refractivity contribution in [2.75, 3.05) is 26.3 Å². The lowest BCUT2D eigenvalue weighted by Crippen LogP contribution is -2.40. The van der Waals surface area contributed by atoms with E-state index >= 15 is 0 Å². The highest BCUT2D eigenvalue weighted by Crippen LogP contribution is 2.26. The van der Waals surface area contributed by atoms with Gasteiger partial charge in [-0.3, -0.25) is 9.20 Å². The highest BCUT2D eigenvalue weighted by Gasteiger charge is 2.25.